The van der Waals surface area contributed by atoms with Gasteiger partial charge in [0.25, 0.3) is 0 Å². The Hall–Kier alpha value is -1.12. The number of rotatable bonds is 5. The molecule has 20 heavy (non-hydrogen) atoms. The zero-order valence-electron chi connectivity index (χ0n) is 12.4. The molecule has 106 valence electrons. The molecule has 0 heterocycles. The lowest BCUT2D eigenvalue weighted by Crippen LogP contribution is -2.13. The second-order valence-corrected chi connectivity index (χ2v) is 6.45. The summed E-state index contributed by atoms with van der Waals surface area (Å²) in [5.74, 6) is 0.598. The number of halogens is 1. The highest BCUT2D eigenvalue weighted by molar-refractivity contribution is 9.10. The van der Waals surface area contributed by atoms with Crippen LogP contribution in [0.3, 0.4) is 0 Å². The first-order chi connectivity index (χ1) is 9.56. The first-order valence-corrected chi connectivity index (χ1v) is 7.90. The zero-order valence-corrected chi connectivity index (χ0v) is 14.0. The lowest BCUT2D eigenvalue weighted by atomic mass is 10.0. The van der Waals surface area contributed by atoms with Crippen LogP contribution < -0.4 is 5.32 Å². The molecule has 0 aliphatic carbocycles. The van der Waals surface area contributed by atoms with Crippen molar-refractivity contribution in [2.45, 2.75) is 39.8 Å². The Morgan fingerprint density at radius 2 is 1.70 bits per heavy atom. The molecular weight excluding hydrogens is 310 g/mol. The van der Waals surface area contributed by atoms with Gasteiger partial charge in [-0.25, -0.2) is 0 Å². The molecule has 0 aliphatic rings. The van der Waals surface area contributed by atoms with Gasteiger partial charge in [-0.2, -0.15) is 0 Å². The summed E-state index contributed by atoms with van der Waals surface area (Å²) in [6, 6.07) is 15.4. The molecule has 0 bridgehead atoms. The molecule has 0 aromatic heterocycles. The summed E-state index contributed by atoms with van der Waals surface area (Å²) in [7, 11) is 0. The van der Waals surface area contributed by atoms with Gasteiger partial charge < -0.3 is 5.32 Å². The Morgan fingerprint density at radius 1 is 1.00 bits per heavy atom. The summed E-state index contributed by atoms with van der Waals surface area (Å²) >= 11 is 3.62. The minimum atomic E-state index is 0.598. The number of hydrogen-bond donors (Lipinski definition) is 1. The lowest BCUT2D eigenvalue weighted by molar-refractivity contribution is 0.691. The third-order valence-corrected chi connectivity index (χ3v) is 4.24. The van der Waals surface area contributed by atoms with Crippen LogP contribution in [0.4, 0.5) is 0 Å². The molecule has 0 saturated carbocycles. The average Bonchev–Trinajstić information content (AvgIpc) is 2.42. The molecule has 0 unspecified atom stereocenters. The third-order valence-electron chi connectivity index (χ3n) is 3.50. The number of benzene rings is 2. The molecule has 1 N–H and O–H groups in total. The summed E-state index contributed by atoms with van der Waals surface area (Å²) in [6.07, 6.45) is 0. The van der Waals surface area contributed by atoms with Gasteiger partial charge >= 0.3 is 0 Å². The largest absolute Gasteiger partial charge is 0.309 e. The van der Waals surface area contributed by atoms with E-state index in [1.165, 1.54) is 26.7 Å². The van der Waals surface area contributed by atoms with E-state index in [1.54, 1.807) is 0 Å². The fraction of sp³-hybridized carbons (Fsp3) is 0.333. The van der Waals surface area contributed by atoms with Crippen molar-refractivity contribution in [2.24, 2.45) is 0 Å². The Morgan fingerprint density at radius 3 is 2.30 bits per heavy atom. The van der Waals surface area contributed by atoms with Crippen LogP contribution in [-0.4, -0.2) is 0 Å². The van der Waals surface area contributed by atoms with E-state index < -0.39 is 0 Å². The second-order valence-electron chi connectivity index (χ2n) is 5.59. The molecule has 0 saturated heterocycles. The quantitative estimate of drug-likeness (QED) is 0.796. The second kappa shape index (κ2) is 7.05. The van der Waals surface area contributed by atoms with Crippen molar-refractivity contribution < 1.29 is 0 Å². The Bertz CT molecular complexity index is 558. The topological polar surface area (TPSA) is 12.0 Å². The molecule has 2 aromatic carbocycles. The summed E-state index contributed by atoms with van der Waals surface area (Å²) in [5, 5.41) is 3.50. The van der Waals surface area contributed by atoms with E-state index in [9.17, 15) is 0 Å². The van der Waals surface area contributed by atoms with E-state index in [-0.39, 0.29) is 0 Å². The van der Waals surface area contributed by atoms with E-state index in [0.717, 1.165) is 13.1 Å². The van der Waals surface area contributed by atoms with Gasteiger partial charge in [0.15, 0.2) is 0 Å². The van der Waals surface area contributed by atoms with Gasteiger partial charge in [0.2, 0.25) is 0 Å². The van der Waals surface area contributed by atoms with Crippen LogP contribution in [0.25, 0.3) is 0 Å². The number of hydrogen-bond acceptors (Lipinski definition) is 1. The van der Waals surface area contributed by atoms with E-state index >= 15 is 0 Å². The van der Waals surface area contributed by atoms with Crippen molar-refractivity contribution in [2.75, 3.05) is 0 Å². The maximum atomic E-state index is 3.62. The molecular formula is C18H22BrN. The van der Waals surface area contributed by atoms with Crippen LogP contribution >= 0.6 is 15.9 Å². The first kappa shape index (κ1) is 15.3. The van der Waals surface area contributed by atoms with Crippen molar-refractivity contribution in [1.82, 2.24) is 5.32 Å². The summed E-state index contributed by atoms with van der Waals surface area (Å²) < 4.78 is 1.18. The molecule has 1 nitrogen and oxygen atoms in total. The monoisotopic (exact) mass is 331 g/mol. The highest BCUT2D eigenvalue weighted by Gasteiger charge is 2.01. The summed E-state index contributed by atoms with van der Waals surface area (Å²) in [5.41, 5.74) is 5.31. The average molecular weight is 332 g/mol. The predicted molar refractivity (Wildman–Crippen MR) is 90.0 cm³/mol. The van der Waals surface area contributed by atoms with Crippen LogP contribution in [0.15, 0.2) is 46.9 Å². The molecule has 0 spiro atoms. The predicted octanol–water partition coefficient (Wildman–Crippen LogP) is 5.17. The molecule has 0 atom stereocenters. The van der Waals surface area contributed by atoms with Gasteiger partial charge in [-0.1, -0.05) is 66.2 Å². The fourth-order valence-electron chi connectivity index (χ4n) is 2.16. The summed E-state index contributed by atoms with van der Waals surface area (Å²) in [4.78, 5) is 0. The van der Waals surface area contributed by atoms with Crippen molar-refractivity contribution in [3.63, 3.8) is 0 Å². The van der Waals surface area contributed by atoms with Crippen LogP contribution in [-0.2, 0) is 13.1 Å². The smallest absolute Gasteiger partial charge is 0.0222 e. The maximum absolute atomic E-state index is 3.62. The molecule has 0 fully saturated rings. The normalized spacial score (nSPS) is 11.1. The van der Waals surface area contributed by atoms with Gasteiger partial charge in [0, 0.05) is 17.6 Å². The first-order valence-electron chi connectivity index (χ1n) is 7.11. The van der Waals surface area contributed by atoms with E-state index in [4.69, 9.17) is 0 Å². The van der Waals surface area contributed by atoms with Crippen molar-refractivity contribution in [3.8, 4) is 0 Å². The Labute approximate surface area is 130 Å². The van der Waals surface area contributed by atoms with Gasteiger partial charge in [-0.15, -0.1) is 0 Å². The van der Waals surface area contributed by atoms with Crippen molar-refractivity contribution in [3.05, 3.63) is 69.2 Å². The van der Waals surface area contributed by atoms with Gasteiger partial charge in [0.05, 0.1) is 0 Å². The third kappa shape index (κ3) is 4.19. The number of aryl methyl sites for hydroxylation is 1. The molecule has 0 aliphatic heterocycles. The minimum absolute atomic E-state index is 0.598. The highest BCUT2D eigenvalue weighted by atomic mass is 79.9. The van der Waals surface area contributed by atoms with Crippen LogP contribution in [0.1, 0.15) is 42.0 Å². The maximum Gasteiger partial charge on any atom is 0.0222 e. The molecule has 0 radical (unpaired) electrons. The van der Waals surface area contributed by atoms with Crippen LogP contribution in [0.2, 0.25) is 0 Å². The SMILES string of the molecule is Cc1ccc(CNCc2ccc(C(C)C)cc2)c(Br)c1. The van der Waals surface area contributed by atoms with Crippen LogP contribution in [0, 0.1) is 6.92 Å². The van der Waals surface area contributed by atoms with E-state index in [0.29, 0.717) is 5.92 Å². The minimum Gasteiger partial charge on any atom is -0.309 e. The molecule has 2 rings (SSSR count). The summed E-state index contributed by atoms with van der Waals surface area (Å²) in [6.45, 7) is 8.34. The standard InChI is InChI=1S/C18H22BrN/c1-13(2)16-8-5-15(6-9-16)11-20-12-17-7-4-14(3)10-18(17)19/h4-10,13,20H,11-12H2,1-3H3. The van der Waals surface area contributed by atoms with E-state index in [1.807, 2.05) is 0 Å². The van der Waals surface area contributed by atoms with Gasteiger partial charge in [-0.05, 0) is 41.2 Å². The van der Waals surface area contributed by atoms with Crippen molar-refractivity contribution in [1.29, 1.82) is 0 Å². The zero-order chi connectivity index (χ0) is 14.5. The molecule has 0 amide bonds. The Kier molecular flexibility index (Phi) is 5.38. The molecule has 2 heteroatoms. The fourth-order valence-corrected chi connectivity index (χ4v) is 2.79. The number of nitrogens with one attached hydrogen (secondary N) is 1. The van der Waals surface area contributed by atoms with Gasteiger partial charge in [-0.3, -0.25) is 0 Å². The van der Waals surface area contributed by atoms with Crippen LogP contribution in [0.5, 0.6) is 0 Å². The van der Waals surface area contributed by atoms with Crippen molar-refractivity contribution >= 4 is 15.9 Å². The van der Waals surface area contributed by atoms with Gasteiger partial charge in [0.1, 0.15) is 0 Å². The van der Waals surface area contributed by atoms with E-state index in [2.05, 4.69) is 84.5 Å². The molecule has 2 aromatic rings. The highest BCUT2D eigenvalue weighted by Crippen LogP contribution is 2.18. The Balaban J connectivity index is 1.89. The lowest BCUT2D eigenvalue weighted by Gasteiger charge is -2.09.